The highest BCUT2D eigenvalue weighted by molar-refractivity contribution is 7.90. The zero-order valence-corrected chi connectivity index (χ0v) is 17.0. The summed E-state index contributed by atoms with van der Waals surface area (Å²) in [6, 6.07) is 8.25. The first-order valence-corrected chi connectivity index (χ1v) is 10.8. The number of amides is 1. The van der Waals surface area contributed by atoms with Crippen molar-refractivity contribution in [2.45, 2.75) is 30.5 Å². The van der Waals surface area contributed by atoms with Crippen LogP contribution in [0.5, 0.6) is 5.75 Å². The van der Waals surface area contributed by atoms with Crippen LogP contribution in [0.15, 0.2) is 41.3 Å². The molecule has 0 unspecified atom stereocenters. The number of fused-ring (bicyclic) bond motifs is 1. The third kappa shape index (κ3) is 4.51. The first kappa shape index (κ1) is 21.4. The van der Waals surface area contributed by atoms with Crippen LogP contribution in [0.25, 0.3) is 0 Å². The first-order chi connectivity index (χ1) is 13.4. The molecule has 0 bridgehead atoms. The van der Waals surface area contributed by atoms with Crippen molar-refractivity contribution in [2.24, 2.45) is 0 Å². The Balaban J connectivity index is 2.07. The van der Waals surface area contributed by atoms with Crippen LogP contribution in [-0.2, 0) is 16.3 Å². The summed E-state index contributed by atoms with van der Waals surface area (Å²) in [6.07, 6.45) is -5.35. The second-order valence-electron chi connectivity index (χ2n) is 6.71. The van der Waals surface area contributed by atoms with E-state index < -0.39 is 28.0 Å². The molecule has 29 heavy (non-hydrogen) atoms. The van der Waals surface area contributed by atoms with Crippen molar-refractivity contribution in [3.05, 3.63) is 52.5 Å². The van der Waals surface area contributed by atoms with Crippen molar-refractivity contribution in [1.29, 1.82) is 0 Å². The second kappa shape index (κ2) is 7.53. The summed E-state index contributed by atoms with van der Waals surface area (Å²) in [5.41, 5.74) is 1.12. The number of hydrogen-bond donors (Lipinski definition) is 0. The Labute approximate surface area is 170 Å². The van der Waals surface area contributed by atoms with Crippen LogP contribution in [0.4, 0.5) is 18.9 Å². The van der Waals surface area contributed by atoms with Gasteiger partial charge < -0.3 is 9.64 Å². The fraction of sp³-hybridized carbons (Fsp3) is 0.316. The molecule has 156 valence electrons. The second-order valence-corrected chi connectivity index (χ2v) is 9.16. The lowest BCUT2D eigenvalue weighted by molar-refractivity contribution is -0.189. The normalized spacial score (nSPS) is 15.2. The molecule has 0 aromatic heterocycles. The highest BCUT2D eigenvalue weighted by atomic mass is 35.5. The number of alkyl halides is 3. The number of benzene rings is 2. The van der Waals surface area contributed by atoms with Crippen molar-refractivity contribution in [2.75, 3.05) is 17.7 Å². The van der Waals surface area contributed by atoms with Gasteiger partial charge in [-0.15, -0.1) is 0 Å². The van der Waals surface area contributed by atoms with Crippen molar-refractivity contribution in [3.63, 3.8) is 0 Å². The Morgan fingerprint density at radius 1 is 1.21 bits per heavy atom. The Morgan fingerprint density at radius 2 is 1.90 bits per heavy atom. The summed E-state index contributed by atoms with van der Waals surface area (Å²) in [6.45, 7) is 1.09. The molecule has 1 atom stereocenters. The largest absolute Gasteiger partial charge is 0.480 e. The maximum absolute atomic E-state index is 13.2. The summed E-state index contributed by atoms with van der Waals surface area (Å²) in [4.78, 5) is 14.3. The molecule has 0 fully saturated rings. The predicted octanol–water partition coefficient (Wildman–Crippen LogP) is 4.28. The molecule has 3 rings (SSSR count). The van der Waals surface area contributed by atoms with E-state index in [9.17, 15) is 26.4 Å². The molecule has 1 heterocycles. The zero-order chi connectivity index (χ0) is 21.6. The lowest BCUT2D eigenvalue weighted by Gasteiger charge is -2.23. The number of carbonyl (C=O) groups is 1. The molecule has 0 saturated heterocycles. The van der Waals surface area contributed by atoms with Crippen molar-refractivity contribution in [3.8, 4) is 5.75 Å². The summed E-state index contributed by atoms with van der Waals surface area (Å²) in [5.74, 6) is -1.01. The number of rotatable bonds is 4. The standard InChI is InChI=1S/C19H17ClF3NO4S/c1-11(19(21,22)23)28-17-6-5-14(29(2,26)27)10-15(17)18(25)24-8-7-12-3-4-13(20)9-16(12)24/h3-6,9-11H,7-8H2,1-2H3/t11-/m0/s1. The van der Waals surface area contributed by atoms with E-state index in [0.717, 1.165) is 36.9 Å². The van der Waals surface area contributed by atoms with E-state index in [0.29, 0.717) is 17.1 Å². The molecule has 1 amide bonds. The molecule has 1 aliphatic rings. The van der Waals surface area contributed by atoms with Crippen LogP contribution in [0.3, 0.4) is 0 Å². The smallest absolute Gasteiger partial charge is 0.425 e. The van der Waals surface area contributed by atoms with E-state index in [4.69, 9.17) is 16.3 Å². The van der Waals surface area contributed by atoms with Gasteiger partial charge in [0.1, 0.15) is 5.75 Å². The van der Waals surface area contributed by atoms with Gasteiger partial charge >= 0.3 is 6.18 Å². The average molecular weight is 448 g/mol. The van der Waals surface area contributed by atoms with Crippen molar-refractivity contribution >= 4 is 33.0 Å². The quantitative estimate of drug-likeness (QED) is 0.702. The molecular weight excluding hydrogens is 431 g/mol. The van der Waals surface area contributed by atoms with E-state index >= 15 is 0 Å². The minimum Gasteiger partial charge on any atom is -0.480 e. The van der Waals surface area contributed by atoms with Gasteiger partial charge in [0.2, 0.25) is 0 Å². The van der Waals surface area contributed by atoms with Gasteiger partial charge in [0.05, 0.1) is 10.5 Å². The Bertz CT molecular complexity index is 1070. The number of nitrogens with zero attached hydrogens (tertiary/aromatic N) is 1. The van der Waals surface area contributed by atoms with Gasteiger partial charge in [-0.05, 0) is 49.2 Å². The molecule has 0 radical (unpaired) electrons. The Morgan fingerprint density at radius 3 is 2.52 bits per heavy atom. The van der Waals surface area contributed by atoms with E-state index in [1.165, 1.54) is 4.90 Å². The van der Waals surface area contributed by atoms with Crippen molar-refractivity contribution in [1.82, 2.24) is 0 Å². The molecule has 0 aliphatic carbocycles. The SMILES string of the molecule is C[C@H](Oc1ccc(S(C)(=O)=O)cc1C(=O)N1CCc2ccc(Cl)cc21)C(F)(F)F. The molecule has 2 aromatic carbocycles. The van der Waals surface area contributed by atoms with Crippen LogP contribution in [-0.4, -0.2) is 39.4 Å². The fourth-order valence-corrected chi connectivity index (χ4v) is 3.79. The highest BCUT2D eigenvalue weighted by Crippen LogP contribution is 2.35. The number of carbonyl (C=O) groups excluding carboxylic acids is 1. The van der Waals surface area contributed by atoms with Crippen LogP contribution < -0.4 is 9.64 Å². The van der Waals surface area contributed by atoms with Gasteiger partial charge in [0, 0.05) is 23.5 Å². The average Bonchev–Trinajstić information content (AvgIpc) is 3.02. The van der Waals surface area contributed by atoms with Crippen LogP contribution >= 0.6 is 11.6 Å². The molecular formula is C19H17ClF3NO4S. The number of hydrogen-bond acceptors (Lipinski definition) is 4. The number of sulfone groups is 1. The lowest BCUT2D eigenvalue weighted by atomic mass is 10.1. The molecule has 0 spiro atoms. The van der Waals surface area contributed by atoms with E-state index in [1.807, 2.05) is 0 Å². The lowest BCUT2D eigenvalue weighted by Crippen LogP contribution is -2.33. The van der Waals surface area contributed by atoms with Crippen LogP contribution in [0.1, 0.15) is 22.8 Å². The van der Waals surface area contributed by atoms with Gasteiger partial charge in [-0.2, -0.15) is 13.2 Å². The fourth-order valence-electron chi connectivity index (χ4n) is 2.98. The molecule has 0 saturated carbocycles. The summed E-state index contributed by atoms with van der Waals surface area (Å²) < 4.78 is 67.6. The van der Waals surface area contributed by atoms with E-state index in [-0.39, 0.29) is 22.8 Å². The minimum absolute atomic E-state index is 0.196. The Hall–Kier alpha value is -2.26. The third-order valence-electron chi connectivity index (χ3n) is 4.56. The molecule has 5 nitrogen and oxygen atoms in total. The molecule has 0 N–H and O–H groups in total. The topological polar surface area (TPSA) is 63.7 Å². The van der Waals surface area contributed by atoms with E-state index in [1.54, 1.807) is 18.2 Å². The Kier molecular flexibility index (Phi) is 5.57. The van der Waals surface area contributed by atoms with Gasteiger partial charge in [-0.1, -0.05) is 17.7 Å². The van der Waals surface area contributed by atoms with Gasteiger partial charge in [-0.25, -0.2) is 8.42 Å². The van der Waals surface area contributed by atoms with Gasteiger partial charge in [0.15, 0.2) is 15.9 Å². The van der Waals surface area contributed by atoms with Crippen LogP contribution in [0.2, 0.25) is 5.02 Å². The predicted molar refractivity (Wildman–Crippen MR) is 103 cm³/mol. The third-order valence-corrected chi connectivity index (χ3v) is 5.91. The zero-order valence-electron chi connectivity index (χ0n) is 15.5. The summed E-state index contributed by atoms with van der Waals surface area (Å²) in [5, 5.41) is 0.399. The maximum atomic E-state index is 13.2. The first-order valence-electron chi connectivity index (χ1n) is 8.55. The molecule has 10 heteroatoms. The number of halogens is 4. The monoisotopic (exact) mass is 447 g/mol. The van der Waals surface area contributed by atoms with E-state index in [2.05, 4.69) is 0 Å². The molecule has 2 aromatic rings. The van der Waals surface area contributed by atoms with Gasteiger partial charge in [0.25, 0.3) is 5.91 Å². The van der Waals surface area contributed by atoms with Crippen LogP contribution in [0, 0.1) is 0 Å². The molecule has 1 aliphatic heterocycles. The summed E-state index contributed by atoms with van der Waals surface area (Å²) >= 11 is 6.01. The van der Waals surface area contributed by atoms with Crippen molar-refractivity contribution < 1.29 is 31.1 Å². The summed E-state index contributed by atoms with van der Waals surface area (Å²) in [7, 11) is -3.69. The van der Waals surface area contributed by atoms with Gasteiger partial charge in [-0.3, -0.25) is 4.79 Å². The number of ether oxygens (including phenoxy) is 1. The highest BCUT2D eigenvalue weighted by Gasteiger charge is 2.39. The number of anilines is 1. The maximum Gasteiger partial charge on any atom is 0.425 e. The minimum atomic E-state index is -4.65.